The number of nitrogens with one attached hydrogen (secondary N) is 1. The maximum absolute atomic E-state index is 13.4. The Bertz CT molecular complexity index is 1170. The first-order valence-corrected chi connectivity index (χ1v) is 14.4. The lowest BCUT2D eigenvalue weighted by atomic mass is 10.1. The first kappa shape index (κ1) is 29.6. The normalized spacial score (nSPS) is 13.1. The molecule has 9 heteroatoms. The molecule has 1 N–H and O–H groups in total. The van der Waals surface area contributed by atoms with Crippen LogP contribution in [0.25, 0.3) is 0 Å². The summed E-state index contributed by atoms with van der Waals surface area (Å²) >= 11 is 6.12. The fraction of sp³-hybridized carbons (Fsp3) is 0.481. The summed E-state index contributed by atoms with van der Waals surface area (Å²) in [6, 6.07) is 12.2. The molecule has 0 fully saturated rings. The van der Waals surface area contributed by atoms with Crippen LogP contribution in [-0.4, -0.2) is 50.0 Å². The van der Waals surface area contributed by atoms with Gasteiger partial charge in [-0.25, -0.2) is 8.42 Å². The minimum absolute atomic E-state index is 0.000117. The van der Waals surface area contributed by atoms with Crippen LogP contribution in [0, 0.1) is 13.8 Å². The highest BCUT2D eigenvalue weighted by molar-refractivity contribution is 7.92. The number of hydrogen-bond acceptors (Lipinski definition) is 4. The maximum atomic E-state index is 13.4. The standard InChI is InChI=1S/C27H38ClN3O4S/c1-7-21(4)29-27(33)22(5)30(18-23-11-8-10-19(2)16-23)26(32)12-9-15-31(36(6,34)35)25-17-24(28)14-13-20(25)3/h8,10-11,13-14,16-17,21-22H,7,9,12,15,18H2,1-6H3,(H,29,33)/t21-,22-/m1/s1. The van der Waals surface area contributed by atoms with Crippen LogP contribution in [0.5, 0.6) is 0 Å². The first-order chi connectivity index (χ1) is 16.8. The molecule has 2 aromatic carbocycles. The second-order valence-corrected chi connectivity index (χ2v) is 11.7. The fourth-order valence-corrected chi connectivity index (χ4v) is 5.07. The third-order valence-electron chi connectivity index (χ3n) is 6.20. The van der Waals surface area contributed by atoms with E-state index in [2.05, 4.69) is 5.32 Å². The Morgan fingerprint density at radius 2 is 1.78 bits per heavy atom. The lowest BCUT2D eigenvalue weighted by Gasteiger charge is -2.30. The van der Waals surface area contributed by atoms with Crippen LogP contribution in [0.2, 0.25) is 5.02 Å². The number of sulfonamides is 1. The summed E-state index contributed by atoms with van der Waals surface area (Å²) in [5.41, 5.74) is 3.26. The van der Waals surface area contributed by atoms with Gasteiger partial charge in [0.1, 0.15) is 6.04 Å². The molecule has 0 saturated carbocycles. The zero-order valence-corrected chi connectivity index (χ0v) is 23.6. The summed E-state index contributed by atoms with van der Waals surface area (Å²) < 4.78 is 26.4. The molecule has 2 amide bonds. The van der Waals surface area contributed by atoms with Gasteiger partial charge >= 0.3 is 0 Å². The van der Waals surface area contributed by atoms with E-state index in [9.17, 15) is 18.0 Å². The molecule has 0 aliphatic rings. The van der Waals surface area contributed by atoms with Gasteiger partial charge in [0.25, 0.3) is 0 Å². The van der Waals surface area contributed by atoms with E-state index in [1.165, 1.54) is 4.31 Å². The molecular weight excluding hydrogens is 498 g/mol. The van der Waals surface area contributed by atoms with E-state index in [0.29, 0.717) is 23.7 Å². The Hall–Kier alpha value is -2.58. The van der Waals surface area contributed by atoms with E-state index in [1.54, 1.807) is 30.0 Å². The van der Waals surface area contributed by atoms with Gasteiger partial charge in [0.2, 0.25) is 21.8 Å². The van der Waals surface area contributed by atoms with Crippen molar-refractivity contribution in [2.45, 2.75) is 72.5 Å². The molecule has 2 aromatic rings. The number of anilines is 1. The van der Waals surface area contributed by atoms with Crippen LogP contribution in [0.4, 0.5) is 5.69 Å². The number of carbonyl (C=O) groups is 2. The first-order valence-electron chi connectivity index (χ1n) is 12.2. The number of amides is 2. The molecule has 0 aliphatic carbocycles. The molecule has 36 heavy (non-hydrogen) atoms. The number of halogens is 1. The summed E-state index contributed by atoms with van der Waals surface area (Å²) in [7, 11) is -3.59. The lowest BCUT2D eigenvalue weighted by Crippen LogP contribution is -2.49. The average Bonchev–Trinajstić information content (AvgIpc) is 2.80. The summed E-state index contributed by atoms with van der Waals surface area (Å²) in [5.74, 6) is -0.419. The van der Waals surface area contributed by atoms with E-state index < -0.39 is 16.1 Å². The summed E-state index contributed by atoms with van der Waals surface area (Å²) in [4.78, 5) is 27.8. The molecule has 0 radical (unpaired) electrons. The molecule has 7 nitrogen and oxygen atoms in total. The van der Waals surface area contributed by atoms with Crippen molar-refractivity contribution in [3.05, 3.63) is 64.2 Å². The van der Waals surface area contributed by atoms with Crippen LogP contribution >= 0.6 is 11.6 Å². The number of carbonyl (C=O) groups excluding carboxylic acids is 2. The molecule has 2 atom stereocenters. The minimum Gasteiger partial charge on any atom is -0.352 e. The molecule has 0 saturated heterocycles. The van der Waals surface area contributed by atoms with Gasteiger partial charge in [-0.2, -0.15) is 0 Å². The topological polar surface area (TPSA) is 86.8 Å². The highest BCUT2D eigenvalue weighted by atomic mass is 35.5. The Morgan fingerprint density at radius 3 is 2.39 bits per heavy atom. The molecule has 0 spiro atoms. The van der Waals surface area contributed by atoms with Crippen LogP contribution in [0.15, 0.2) is 42.5 Å². The highest BCUT2D eigenvalue weighted by Gasteiger charge is 2.27. The Labute approximate surface area is 220 Å². The van der Waals surface area contributed by atoms with Gasteiger partial charge in [-0.05, 0) is 63.8 Å². The Morgan fingerprint density at radius 1 is 1.08 bits per heavy atom. The number of hydrogen-bond donors (Lipinski definition) is 1. The molecule has 198 valence electrons. The van der Waals surface area contributed by atoms with E-state index in [1.807, 2.05) is 52.0 Å². The number of rotatable bonds is 12. The largest absolute Gasteiger partial charge is 0.352 e. The summed E-state index contributed by atoms with van der Waals surface area (Å²) in [5, 5.41) is 3.39. The minimum atomic E-state index is -3.59. The van der Waals surface area contributed by atoms with E-state index in [4.69, 9.17) is 11.6 Å². The number of benzene rings is 2. The van der Waals surface area contributed by atoms with Crippen molar-refractivity contribution in [2.75, 3.05) is 17.1 Å². The van der Waals surface area contributed by atoms with Crippen molar-refractivity contribution in [3.8, 4) is 0 Å². The SMILES string of the molecule is CC[C@@H](C)NC(=O)[C@@H](C)N(Cc1cccc(C)c1)C(=O)CCCN(c1cc(Cl)ccc1C)S(C)(=O)=O. The number of nitrogens with zero attached hydrogens (tertiary/aromatic N) is 2. The van der Waals surface area contributed by atoms with E-state index >= 15 is 0 Å². The average molecular weight is 536 g/mol. The third-order valence-corrected chi connectivity index (χ3v) is 7.61. The van der Waals surface area contributed by atoms with Crippen molar-refractivity contribution >= 4 is 39.1 Å². The van der Waals surface area contributed by atoms with Crippen LogP contribution < -0.4 is 9.62 Å². The quantitative estimate of drug-likeness (QED) is 0.421. The van der Waals surface area contributed by atoms with E-state index in [-0.39, 0.29) is 30.8 Å². The predicted molar refractivity (Wildman–Crippen MR) is 147 cm³/mol. The van der Waals surface area contributed by atoms with Crippen molar-refractivity contribution in [1.82, 2.24) is 10.2 Å². The van der Waals surface area contributed by atoms with Gasteiger partial charge in [-0.15, -0.1) is 0 Å². The smallest absolute Gasteiger partial charge is 0.242 e. The van der Waals surface area contributed by atoms with Crippen LogP contribution in [-0.2, 0) is 26.2 Å². The van der Waals surface area contributed by atoms with Gasteiger partial charge in [-0.3, -0.25) is 13.9 Å². The second kappa shape index (κ2) is 13.1. The van der Waals surface area contributed by atoms with Crippen molar-refractivity contribution in [2.24, 2.45) is 0 Å². The zero-order valence-electron chi connectivity index (χ0n) is 22.0. The molecule has 0 heterocycles. The van der Waals surface area contributed by atoms with Gasteiger partial charge in [0.15, 0.2) is 0 Å². The third kappa shape index (κ3) is 8.52. The van der Waals surface area contributed by atoms with Crippen molar-refractivity contribution in [3.63, 3.8) is 0 Å². The van der Waals surface area contributed by atoms with Crippen molar-refractivity contribution < 1.29 is 18.0 Å². The zero-order chi connectivity index (χ0) is 27.0. The molecule has 0 unspecified atom stereocenters. The Kier molecular flexibility index (Phi) is 10.8. The van der Waals surface area contributed by atoms with Gasteiger partial charge in [-0.1, -0.05) is 54.4 Å². The highest BCUT2D eigenvalue weighted by Crippen LogP contribution is 2.27. The lowest BCUT2D eigenvalue weighted by molar-refractivity contribution is -0.140. The van der Waals surface area contributed by atoms with Gasteiger partial charge < -0.3 is 10.2 Å². The monoisotopic (exact) mass is 535 g/mol. The Balaban J connectivity index is 2.21. The molecule has 0 aromatic heterocycles. The summed E-state index contributed by atoms with van der Waals surface area (Å²) in [6.45, 7) is 9.84. The van der Waals surface area contributed by atoms with Gasteiger partial charge in [0, 0.05) is 30.6 Å². The maximum Gasteiger partial charge on any atom is 0.242 e. The second-order valence-electron chi connectivity index (χ2n) is 9.37. The van der Waals surface area contributed by atoms with Crippen LogP contribution in [0.1, 0.15) is 56.7 Å². The van der Waals surface area contributed by atoms with Crippen molar-refractivity contribution in [1.29, 1.82) is 0 Å². The summed E-state index contributed by atoms with van der Waals surface area (Å²) in [6.07, 6.45) is 2.31. The number of aryl methyl sites for hydroxylation is 2. The van der Waals surface area contributed by atoms with E-state index in [0.717, 1.165) is 29.4 Å². The van der Waals surface area contributed by atoms with Crippen LogP contribution in [0.3, 0.4) is 0 Å². The predicted octanol–water partition coefficient (Wildman–Crippen LogP) is 4.84. The molecule has 2 rings (SSSR count). The molecule has 0 bridgehead atoms. The van der Waals surface area contributed by atoms with Gasteiger partial charge in [0.05, 0.1) is 11.9 Å². The molecule has 0 aliphatic heterocycles. The molecular formula is C27H38ClN3O4S. The fourth-order valence-electron chi connectivity index (χ4n) is 3.89.